The van der Waals surface area contributed by atoms with Crippen molar-refractivity contribution >= 4 is 5.82 Å². The van der Waals surface area contributed by atoms with E-state index in [4.69, 9.17) is 5.84 Å². The normalized spacial score (nSPS) is 10.6. The van der Waals surface area contributed by atoms with Crippen molar-refractivity contribution in [3.63, 3.8) is 0 Å². The molecule has 0 bridgehead atoms. The van der Waals surface area contributed by atoms with Crippen molar-refractivity contribution in [2.45, 2.75) is 33.6 Å². The highest BCUT2D eigenvalue weighted by molar-refractivity contribution is 5.34. The Bertz CT molecular complexity index is 274. The van der Waals surface area contributed by atoms with Gasteiger partial charge in [-0.3, -0.25) is 0 Å². The number of nitrogens with two attached hydrogens (primary N) is 1. The minimum absolute atomic E-state index is 0.563. The highest BCUT2D eigenvalue weighted by Crippen LogP contribution is 2.09. The van der Waals surface area contributed by atoms with Gasteiger partial charge in [0.05, 0.1) is 0 Å². The van der Waals surface area contributed by atoms with Gasteiger partial charge in [-0.2, -0.15) is 0 Å². The van der Waals surface area contributed by atoms with E-state index in [0.717, 1.165) is 24.4 Å². The smallest absolute Gasteiger partial charge is 0.143 e. The number of nitrogens with one attached hydrogen (secondary N) is 1. The van der Waals surface area contributed by atoms with Crippen molar-refractivity contribution in [3.8, 4) is 0 Å². The van der Waals surface area contributed by atoms with Crippen LogP contribution in [0.4, 0.5) is 5.82 Å². The van der Waals surface area contributed by atoms with E-state index in [1.165, 1.54) is 0 Å². The van der Waals surface area contributed by atoms with Crippen LogP contribution in [-0.2, 0) is 12.8 Å². The molecule has 0 aliphatic heterocycles. The first kappa shape index (κ1) is 10.9. The third kappa shape index (κ3) is 2.96. The molecule has 4 heteroatoms. The first-order valence-corrected chi connectivity index (χ1v) is 4.99. The summed E-state index contributed by atoms with van der Waals surface area (Å²) in [7, 11) is 0. The van der Waals surface area contributed by atoms with Crippen molar-refractivity contribution in [1.29, 1.82) is 0 Å². The molecule has 1 aromatic heterocycles. The van der Waals surface area contributed by atoms with E-state index in [9.17, 15) is 0 Å². The van der Waals surface area contributed by atoms with E-state index in [1.807, 2.05) is 6.07 Å². The summed E-state index contributed by atoms with van der Waals surface area (Å²) in [4.78, 5) is 8.73. The number of rotatable bonds is 4. The summed E-state index contributed by atoms with van der Waals surface area (Å²) in [5, 5.41) is 0. The predicted molar refractivity (Wildman–Crippen MR) is 57.8 cm³/mol. The van der Waals surface area contributed by atoms with Crippen molar-refractivity contribution in [2.75, 3.05) is 5.43 Å². The molecule has 0 aromatic carbocycles. The molecular formula is C10H18N4. The SMILES string of the molecule is CCc1cc(NN)nc(CC(C)C)n1. The number of nitrogen functional groups attached to an aromatic ring is 1. The third-order valence-electron chi connectivity index (χ3n) is 1.93. The summed E-state index contributed by atoms with van der Waals surface area (Å²) in [5.41, 5.74) is 3.60. The molecule has 1 aromatic rings. The molecule has 0 amide bonds. The van der Waals surface area contributed by atoms with Crippen LogP contribution in [0.5, 0.6) is 0 Å². The molecule has 0 spiro atoms. The van der Waals surface area contributed by atoms with E-state index < -0.39 is 0 Å². The molecular weight excluding hydrogens is 176 g/mol. The molecule has 0 fully saturated rings. The second-order valence-electron chi connectivity index (χ2n) is 3.76. The number of hydrogen-bond acceptors (Lipinski definition) is 4. The second-order valence-corrected chi connectivity index (χ2v) is 3.76. The summed E-state index contributed by atoms with van der Waals surface area (Å²) >= 11 is 0. The zero-order valence-corrected chi connectivity index (χ0v) is 9.04. The lowest BCUT2D eigenvalue weighted by atomic mass is 10.1. The Labute approximate surface area is 84.9 Å². The van der Waals surface area contributed by atoms with E-state index in [2.05, 4.69) is 36.2 Å². The van der Waals surface area contributed by atoms with Gasteiger partial charge in [-0.05, 0) is 12.3 Å². The number of nitrogens with zero attached hydrogens (tertiary/aromatic N) is 2. The van der Waals surface area contributed by atoms with Gasteiger partial charge in [0.15, 0.2) is 0 Å². The Morgan fingerprint density at radius 1 is 1.43 bits per heavy atom. The highest BCUT2D eigenvalue weighted by atomic mass is 15.3. The first-order chi connectivity index (χ1) is 6.65. The van der Waals surface area contributed by atoms with Crippen molar-refractivity contribution < 1.29 is 0 Å². The maximum Gasteiger partial charge on any atom is 0.143 e. The van der Waals surface area contributed by atoms with Gasteiger partial charge in [0.2, 0.25) is 0 Å². The molecule has 0 radical (unpaired) electrons. The van der Waals surface area contributed by atoms with Crippen LogP contribution >= 0.6 is 0 Å². The number of anilines is 1. The number of hydrogen-bond donors (Lipinski definition) is 2. The van der Waals surface area contributed by atoms with Crippen LogP contribution in [0.25, 0.3) is 0 Å². The average molecular weight is 194 g/mol. The summed E-state index contributed by atoms with van der Waals surface area (Å²) in [6, 6.07) is 1.88. The molecule has 0 aliphatic carbocycles. The molecule has 0 aliphatic rings. The van der Waals surface area contributed by atoms with E-state index in [0.29, 0.717) is 11.7 Å². The summed E-state index contributed by atoms with van der Waals surface area (Å²) in [5.74, 6) is 7.46. The van der Waals surface area contributed by atoms with Gasteiger partial charge >= 0.3 is 0 Å². The van der Waals surface area contributed by atoms with Gasteiger partial charge in [0.1, 0.15) is 11.6 Å². The summed E-state index contributed by atoms with van der Waals surface area (Å²) < 4.78 is 0. The van der Waals surface area contributed by atoms with Crippen LogP contribution in [0, 0.1) is 5.92 Å². The Balaban J connectivity index is 2.92. The van der Waals surface area contributed by atoms with Crippen LogP contribution in [-0.4, -0.2) is 9.97 Å². The van der Waals surface area contributed by atoms with Crippen molar-refractivity contribution in [2.24, 2.45) is 11.8 Å². The van der Waals surface area contributed by atoms with Gasteiger partial charge in [0.25, 0.3) is 0 Å². The quantitative estimate of drug-likeness (QED) is 0.563. The predicted octanol–water partition coefficient (Wildman–Crippen LogP) is 1.52. The molecule has 3 N–H and O–H groups in total. The zero-order valence-electron chi connectivity index (χ0n) is 9.04. The average Bonchev–Trinajstić information content (AvgIpc) is 2.16. The van der Waals surface area contributed by atoms with Gasteiger partial charge < -0.3 is 5.43 Å². The van der Waals surface area contributed by atoms with Gasteiger partial charge in [-0.1, -0.05) is 20.8 Å². The monoisotopic (exact) mass is 194 g/mol. The van der Waals surface area contributed by atoms with Gasteiger partial charge in [-0.15, -0.1) is 0 Å². The van der Waals surface area contributed by atoms with E-state index in [-0.39, 0.29) is 0 Å². The largest absolute Gasteiger partial charge is 0.308 e. The molecule has 78 valence electrons. The molecule has 0 unspecified atom stereocenters. The van der Waals surface area contributed by atoms with Crippen LogP contribution in [0.15, 0.2) is 6.07 Å². The third-order valence-corrected chi connectivity index (χ3v) is 1.93. The molecule has 0 atom stereocenters. The van der Waals surface area contributed by atoms with Gasteiger partial charge in [0, 0.05) is 18.2 Å². The lowest BCUT2D eigenvalue weighted by Crippen LogP contribution is -2.12. The minimum Gasteiger partial charge on any atom is -0.308 e. The molecule has 4 nitrogen and oxygen atoms in total. The van der Waals surface area contributed by atoms with Gasteiger partial charge in [-0.25, -0.2) is 15.8 Å². The lowest BCUT2D eigenvalue weighted by Gasteiger charge is -2.07. The van der Waals surface area contributed by atoms with E-state index in [1.54, 1.807) is 0 Å². The van der Waals surface area contributed by atoms with Crippen molar-refractivity contribution in [3.05, 3.63) is 17.6 Å². The maximum atomic E-state index is 5.33. The fourth-order valence-corrected chi connectivity index (χ4v) is 1.26. The lowest BCUT2D eigenvalue weighted by molar-refractivity contribution is 0.618. The zero-order chi connectivity index (χ0) is 10.6. The Kier molecular flexibility index (Phi) is 3.83. The highest BCUT2D eigenvalue weighted by Gasteiger charge is 2.04. The van der Waals surface area contributed by atoms with E-state index >= 15 is 0 Å². The second kappa shape index (κ2) is 4.91. The molecule has 1 heterocycles. The Morgan fingerprint density at radius 3 is 2.64 bits per heavy atom. The minimum atomic E-state index is 0.563. The topological polar surface area (TPSA) is 63.8 Å². The van der Waals surface area contributed by atoms with Crippen LogP contribution < -0.4 is 11.3 Å². The van der Waals surface area contributed by atoms with Crippen molar-refractivity contribution in [1.82, 2.24) is 9.97 Å². The number of aromatic nitrogens is 2. The fraction of sp³-hybridized carbons (Fsp3) is 0.600. The Hall–Kier alpha value is -1.16. The standard InChI is InChI=1S/C10H18N4/c1-4-8-6-10(14-11)13-9(12-8)5-7(2)3/h6-7H,4-5,11H2,1-3H3,(H,12,13,14). The first-order valence-electron chi connectivity index (χ1n) is 4.99. The Morgan fingerprint density at radius 2 is 2.14 bits per heavy atom. The van der Waals surface area contributed by atoms with Crippen LogP contribution in [0.2, 0.25) is 0 Å². The molecule has 14 heavy (non-hydrogen) atoms. The molecule has 0 saturated carbocycles. The number of hydrazine groups is 1. The number of aryl methyl sites for hydroxylation is 1. The maximum absolute atomic E-state index is 5.33. The summed E-state index contributed by atoms with van der Waals surface area (Å²) in [6.45, 7) is 6.37. The molecule has 0 saturated heterocycles. The van der Waals surface area contributed by atoms with Crippen LogP contribution in [0.3, 0.4) is 0 Å². The van der Waals surface area contributed by atoms with Crippen LogP contribution in [0.1, 0.15) is 32.3 Å². The summed E-state index contributed by atoms with van der Waals surface area (Å²) in [6.07, 6.45) is 1.80. The fourth-order valence-electron chi connectivity index (χ4n) is 1.26. The molecule has 1 rings (SSSR count).